The summed E-state index contributed by atoms with van der Waals surface area (Å²) in [5.41, 5.74) is 2.72. The molecule has 1 fully saturated rings. The number of amides is 1. The zero-order chi connectivity index (χ0) is 14.4. The van der Waals surface area contributed by atoms with Crippen LogP contribution in [0, 0.1) is 0 Å². The van der Waals surface area contributed by atoms with Gasteiger partial charge in [0.2, 0.25) is 0 Å². The Morgan fingerprint density at radius 1 is 1.55 bits per heavy atom. The van der Waals surface area contributed by atoms with Crippen LogP contribution in [-0.4, -0.2) is 46.6 Å². The summed E-state index contributed by atoms with van der Waals surface area (Å²) in [6.07, 6.45) is 5.96. The van der Waals surface area contributed by atoms with Crippen LogP contribution in [0.1, 0.15) is 36.7 Å². The van der Waals surface area contributed by atoms with Crippen molar-refractivity contribution in [1.82, 2.24) is 14.9 Å². The molecule has 3 N–H and O–H groups in total. The Kier molecular flexibility index (Phi) is 5.25. The molecule has 1 unspecified atom stereocenters. The fraction of sp³-hybridized carbons (Fsp3) is 0.615. The highest BCUT2D eigenvalue weighted by Crippen LogP contribution is 2.15. The molecule has 0 spiro atoms. The summed E-state index contributed by atoms with van der Waals surface area (Å²) in [7, 11) is 0. The number of carbonyl (C=O) groups is 1. The molecule has 0 aromatic carbocycles. The summed E-state index contributed by atoms with van der Waals surface area (Å²) in [5, 5.41) is 0. The van der Waals surface area contributed by atoms with Crippen molar-refractivity contribution in [2.75, 3.05) is 25.1 Å². The molecular weight excluding hydrogens is 258 g/mol. The summed E-state index contributed by atoms with van der Waals surface area (Å²) >= 11 is 0. The molecule has 0 bridgehead atoms. The van der Waals surface area contributed by atoms with Crippen LogP contribution in [0.4, 0.5) is 5.82 Å². The van der Waals surface area contributed by atoms with E-state index in [1.165, 1.54) is 12.4 Å². The third-order valence-corrected chi connectivity index (χ3v) is 3.24. The summed E-state index contributed by atoms with van der Waals surface area (Å²) in [5.74, 6) is 5.55. The minimum absolute atomic E-state index is 0.106. The van der Waals surface area contributed by atoms with Gasteiger partial charge in [0.15, 0.2) is 5.82 Å². The average molecular weight is 279 g/mol. The van der Waals surface area contributed by atoms with Gasteiger partial charge in [-0.05, 0) is 19.3 Å². The third kappa shape index (κ3) is 3.64. The highest BCUT2D eigenvalue weighted by molar-refractivity contribution is 5.92. The number of nitrogen functional groups attached to an aromatic ring is 1. The Morgan fingerprint density at radius 3 is 3.05 bits per heavy atom. The molecule has 20 heavy (non-hydrogen) atoms. The van der Waals surface area contributed by atoms with Crippen LogP contribution in [0.5, 0.6) is 0 Å². The number of likely N-dealkylation sites (tertiary alicyclic amines) is 1. The van der Waals surface area contributed by atoms with Gasteiger partial charge in [0.05, 0.1) is 18.5 Å². The van der Waals surface area contributed by atoms with E-state index < -0.39 is 0 Å². The van der Waals surface area contributed by atoms with E-state index in [4.69, 9.17) is 10.6 Å². The molecule has 0 radical (unpaired) electrons. The summed E-state index contributed by atoms with van der Waals surface area (Å²) in [6.45, 7) is 4.18. The molecule has 110 valence electrons. The maximum Gasteiger partial charge on any atom is 0.274 e. The van der Waals surface area contributed by atoms with Gasteiger partial charge in [-0.3, -0.25) is 4.79 Å². The largest absolute Gasteiger partial charge is 0.376 e. The monoisotopic (exact) mass is 279 g/mol. The Hall–Kier alpha value is -1.73. The molecule has 1 amide bonds. The van der Waals surface area contributed by atoms with Crippen molar-refractivity contribution in [3.63, 3.8) is 0 Å². The lowest BCUT2D eigenvalue weighted by Crippen LogP contribution is -2.43. The minimum Gasteiger partial charge on any atom is -0.376 e. The molecular formula is C13H21N5O2. The van der Waals surface area contributed by atoms with Gasteiger partial charge in [0, 0.05) is 19.7 Å². The number of hydrogen-bond acceptors (Lipinski definition) is 6. The van der Waals surface area contributed by atoms with E-state index in [0.29, 0.717) is 18.1 Å². The van der Waals surface area contributed by atoms with Gasteiger partial charge in [-0.2, -0.15) is 0 Å². The van der Waals surface area contributed by atoms with E-state index in [0.717, 1.165) is 32.4 Å². The first-order valence-corrected chi connectivity index (χ1v) is 6.94. The van der Waals surface area contributed by atoms with Gasteiger partial charge in [-0.1, -0.05) is 6.92 Å². The van der Waals surface area contributed by atoms with E-state index in [1.54, 1.807) is 4.90 Å². The van der Waals surface area contributed by atoms with E-state index in [1.807, 2.05) is 0 Å². The third-order valence-electron chi connectivity index (χ3n) is 3.24. The smallest absolute Gasteiger partial charge is 0.274 e. The van der Waals surface area contributed by atoms with Gasteiger partial charge in [0.25, 0.3) is 5.91 Å². The highest BCUT2D eigenvalue weighted by Gasteiger charge is 2.25. The number of anilines is 1. The van der Waals surface area contributed by atoms with Crippen molar-refractivity contribution in [3.05, 3.63) is 18.1 Å². The number of hydrazine groups is 1. The first-order valence-electron chi connectivity index (χ1n) is 6.94. The van der Waals surface area contributed by atoms with Crippen molar-refractivity contribution >= 4 is 11.7 Å². The Morgan fingerprint density at radius 2 is 2.40 bits per heavy atom. The lowest BCUT2D eigenvalue weighted by molar-refractivity contribution is 0.00191. The van der Waals surface area contributed by atoms with Gasteiger partial charge in [-0.15, -0.1) is 0 Å². The fourth-order valence-electron chi connectivity index (χ4n) is 2.22. The van der Waals surface area contributed by atoms with Gasteiger partial charge in [-0.25, -0.2) is 15.8 Å². The molecule has 7 heteroatoms. The predicted molar refractivity (Wildman–Crippen MR) is 75.0 cm³/mol. The maximum absolute atomic E-state index is 12.3. The second-order valence-electron chi connectivity index (χ2n) is 4.82. The number of ether oxygens (including phenoxy) is 1. The zero-order valence-electron chi connectivity index (χ0n) is 11.7. The van der Waals surface area contributed by atoms with Crippen LogP contribution < -0.4 is 11.3 Å². The van der Waals surface area contributed by atoms with Gasteiger partial charge < -0.3 is 15.1 Å². The maximum atomic E-state index is 12.3. The second-order valence-corrected chi connectivity index (χ2v) is 4.82. The number of aromatic nitrogens is 2. The fourth-order valence-corrected chi connectivity index (χ4v) is 2.22. The van der Waals surface area contributed by atoms with Gasteiger partial charge >= 0.3 is 0 Å². The second kappa shape index (κ2) is 7.16. The van der Waals surface area contributed by atoms with Gasteiger partial charge in [0.1, 0.15) is 5.69 Å². The van der Waals surface area contributed by atoms with Crippen LogP contribution in [0.15, 0.2) is 12.4 Å². The van der Waals surface area contributed by atoms with E-state index in [-0.39, 0.29) is 12.0 Å². The molecule has 1 aromatic heterocycles. The number of carbonyl (C=O) groups excluding carboxylic acids is 1. The number of nitrogens with one attached hydrogen (secondary N) is 1. The SMILES string of the molecule is CCCOC1CCCN(C(=O)c2cnc(NN)cn2)C1. The molecule has 1 saturated heterocycles. The number of nitrogens with zero attached hydrogens (tertiary/aromatic N) is 3. The van der Waals surface area contributed by atoms with Crippen LogP contribution in [0.3, 0.4) is 0 Å². The Labute approximate surface area is 118 Å². The van der Waals surface area contributed by atoms with Crippen LogP contribution in [-0.2, 0) is 4.74 Å². The summed E-state index contributed by atoms with van der Waals surface area (Å²) in [4.78, 5) is 22.2. The van der Waals surface area contributed by atoms with E-state index in [9.17, 15) is 4.79 Å². The van der Waals surface area contributed by atoms with Crippen molar-refractivity contribution in [2.45, 2.75) is 32.3 Å². The summed E-state index contributed by atoms with van der Waals surface area (Å²) in [6, 6.07) is 0. The molecule has 1 aliphatic heterocycles. The molecule has 0 saturated carbocycles. The number of rotatable bonds is 5. The van der Waals surface area contributed by atoms with Crippen molar-refractivity contribution in [2.24, 2.45) is 5.84 Å². The van der Waals surface area contributed by atoms with Crippen LogP contribution in [0.25, 0.3) is 0 Å². The Balaban J connectivity index is 1.96. The quantitative estimate of drug-likeness (QED) is 0.611. The molecule has 2 heterocycles. The average Bonchev–Trinajstić information content (AvgIpc) is 2.52. The Bertz CT molecular complexity index is 437. The van der Waals surface area contributed by atoms with Crippen molar-refractivity contribution in [3.8, 4) is 0 Å². The number of hydrogen-bond donors (Lipinski definition) is 2. The molecule has 1 atom stereocenters. The first kappa shape index (κ1) is 14.7. The zero-order valence-corrected chi connectivity index (χ0v) is 11.7. The predicted octanol–water partition coefficient (Wildman–Crippen LogP) is 0.793. The number of piperidine rings is 1. The molecule has 2 rings (SSSR count). The van der Waals surface area contributed by atoms with Crippen LogP contribution >= 0.6 is 0 Å². The molecule has 7 nitrogen and oxygen atoms in total. The topological polar surface area (TPSA) is 93.4 Å². The molecule has 0 aliphatic carbocycles. The van der Waals surface area contributed by atoms with Crippen molar-refractivity contribution < 1.29 is 9.53 Å². The van der Waals surface area contributed by atoms with Crippen LogP contribution in [0.2, 0.25) is 0 Å². The normalized spacial score (nSPS) is 18.9. The summed E-state index contributed by atoms with van der Waals surface area (Å²) < 4.78 is 5.73. The lowest BCUT2D eigenvalue weighted by atomic mass is 10.1. The highest BCUT2D eigenvalue weighted by atomic mass is 16.5. The molecule has 1 aromatic rings. The lowest BCUT2D eigenvalue weighted by Gasteiger charge is -2.32. The standard InChI is InChI=1S/C13H21N5O2/c1-2-6-20-10-4-3-5-18(9-10)13(19)11-7-16-12(17-14)8-15-11/h7-8,10H,2-6,9,14H2,1H3,(H,16,17). The molecule has 1 aliphatic rings. The first-order chi connectivity index (χ1) is 9.74. The minimum atomic E-state index is -0.106. The van der Waals surface area contributed by atoms with E-state index >= 15 is 0 Å². The number of nitrogens with two attached hydrogens (primary N) is 1. The van der Waals surface area contributed by atoms with E-state index in [2.05, 4.69) is 22.3 Å². The van der Waals surface area contributed by atoms with Crippen molar-refractivity contribution in [1.29, 1.82) is 0 Å².